The van der Waals surface area contributed by atoms with E-state index in [1.165, 1.54) is 12.1 Å². The predicted octanol–water partition coefficient (Wildman–Crippen LogP) is 1.98. The highest BCUT2D eigenvalue weighted by Gasteiger charge is 2.28. The molecule has 0 saturated carbocycles. The summed E-state index contributed by atoms with van der Waals surface area (Å²) in [6.07, 6.45) is -1.00. The molecule has 112 valence electrons. The molecule has 2 unspecified atom stereocenters. The zero-order chi connectivity index (χ0) is 14.7. The lowest BCUT2D eigenvalue weighted by molar-refractivity contribution is -0.0942. The van der Waals surface area contributed by atoms with Gasteiger partial charge in [0.25, 0.3) is 0 Å². The van der Waals surface area contributed by atoms with Crippen LogP contribution in [0.1, 0.15) is 19.4 Å². The van der Waals surface area contributed by atoms with E-state index in [4.69, 9.17) is 4.74 Å². The molecular formula is C15H21F2NO2. The molecule has 2 atom stereocenters. The van der Waals surface area contributed by atoms with Crippen molar-refractivity contribution in [1.29, 1.82) is 0 Å². The Kier molecular flexibility index (Phi) is 5.07. The molecule has 0 spiro atoms. The summed E-state index contributed by atoms with van der Waals surface area (Å²) < 4.78 is 32.0. The van der Waals surface area contributed by atoms with Gasteiger partial charge in [-0.1, -0.05) is 6.07 Å². The largest absolute Gasteiger partial charge is 0.390 e. The Balaban J connectivity index is 1.98. The van der Waals surface area contributed by atoms with Crippen molar-refractivity contribution in [2.45, 2.75) is 38.5 Å². The summed E-state index contributed by atoms with van der Waals surface area (Å²) in [5, 5.41) is 10.2. The Morgan fingerprint density at radius 1 is 1.40 bits per heavy atom. The number of nitrogens with zero attached hydrogens (tertiary/aromatic N) is 1. The highest BCUT2D eigenvalue weighted by atomic mass is 19.1. The molecule has 0 aromatic heterocycles. The van der Waals surface area contributed by atoms with Crippen LogP contribution in [0.15, 0.2) is 18.2 Å². The van der Waals surface area contributed by atoms with Crippen molar-refractivity contribution in [3.8, 4) is 0 Å². The van der Waals surface area contributed by atoms with Gasteiger partial charge in [0.1, 0.15) is 11.6 Å². The molecule has 1 aliphatic heterocycles. The monoisotopic (exact) mass is 285 g/mol. The number of rotatable bonds is 4. The molecule has 0 aliphatic carbocycles. The standard InChI is InChI=1S/C15H21F2NO2/c1-10(2)18-5-6-20-15(9-18)14(19)7-11-3-4-12(16)8-13(11)17/h3-4,8,10,14-15,19H,5-7,9H2,1-2H3. The van der Waals surface area contributed by atoms with Gasteiger partial charge in [0.2, 0.25) is 0 Å². The van der Waals surface area contributed by atoms with Gasteiger partial charge in [-0.15, -0.1) is 0 Å². The lowest BCUT2D eigenvalue weighted by atomic mass is 10.0. The van der Waals surface area contributed by atoms with Gasteiger partial charge in [0, 0.05) is 31.6 Å². The van der Waals surface area contributed by atoms with E-state index < -0.39 is 17.7 Å². The van der Waals surface area contributed by atoms with Crippen molar-refractivity contribution in [3.05, 3.63) is 35.4 Å². The van der Waals surface area contributed by atoms with Crippen LogP contribution in [0.3, 0.4) is 0 Å². The van der Waals surface area contributed by atoms with Crippen molar-refractivity contribution in [2.24, 2.45) is 0 Å². The van der Waals surface area contributed by atoms with E-state index in [1.54, 1.807) is 0 Å². The van der Waals surface area contributed by atoms with Gasteiger partial charge in [0.15, 0.2) is 0 Å². The summed E-state index contributed by atoms with van der Waals surface area (Å²) >= 11 is 0. The first kappa shape index (κ1) is 15.4. The number of morpholine rings is 1. The van der Waals surface area contributed by atoms with Crippen molar-refractivity contribution < 1.29 is 18.6 Å². The molecule has 0 bridgehead atoms. The van der Waals surface area contributed by atoms with E-state index in [9.17, 15) is 13.9 Å². The van der Waals surface area contributed by atoms with Crippen molar-refractivity contribution >= 4 is 0 Å². The molecular weight excluding hydrogens is 264 g/mol. The van der Waals surface area contributed by atoms with Gasteiger partial charge in [-0.25, -0.2) is 8.78 Å². The van der Waals surface area contributed by atoms with Crippen LogP contribution in [0.2, 0.25) is 0 Å². The van der Waals surface area contributed by atoms with E-state index in [-0.39, 0.29) is 12.5 Å². The first-order valence-corrected chi connectivity index (χ1v) is 6.95. The fraction of sp³-hybridized carbons (Fsp3) is 0.600. The minimum Gasteiger partial charge on any atom is -0.390 e. The fourth-order valence-corrected chi connectivity index (χ4v) is 2.44. The lowest BCUT2D eigenvalue weighted by Gasteiger charge is -2.37. The highest BCUT2D eigenvalue weighted by Crippen LogP contribution is 2.17. The minimum absolute atomic E-state index is 0.128. The summed E-state index contributed by atoms with van der Waals surface area (Å²) in [6, 6.07) is 3.80. The zero-order valence-corrected chi connectivity index (χ0v) is 11.9. The molecule has 20 heavy (non-hydrogen) atoms. The maximum absolute atomic E-state index is 13.6. The molecule has 3 nitrogen and oxygen atoms in total. The average Bonchev–Trinajstić information content (AvgIpc) is 2.42. The van der Waals surface area contributed by atoms with Crippen molar-refractivity contribution in [1.82, 2.24) is 4.90 Å². The van der Waals surface area contributed by atoms with E-state index in [0.29, 0.717) is 24.8 Å². The predicted molar refractivity (Wildman–Crippen MR) is 72.5 cm³/mol. The summed E-state index contributed by atoms with van der Waals surface area (Å²) in [5.41, 5.74) is 0.309. The van der Waals surface area contributed by atoms with E-state index in [1.807, 2.05) is 0 Å². The molecule has 5 heteroatoms. The number of halogens is 2. The van der Waals surface area contributed by atoms with Crippen LogP contribution in [0.4, 0.5) is 8.78 Å². The number of benzene rings is 1. The Hall–Kier alpha value is -1.04. The number of ether oxygens (including phenoxy) is 1. The second-order valence-corrected chi connectivity index (χ2v) is 5.51. The third-order valence-electron chi connectivity index (χ3n) is 3.73. The van der Waals surface area contributed by atoms with Gasteiger partial charge in [-0.3, -0.25) is 4.90 Å². The SMILES string of the molecule is CC(C)N1CCOC(C(O)Cc2ccc(F)cc2F)C1. The number of aliphatic hydroxyl groups excluding tert-OH is 1. The van der Waals surface area contributed by atoms with Gasteiger partial charge < -0.3 is 9.84 Å². The van der Waals surface area contributed by atoms with Gasteiger partial charge in [-0.2, -0.15) is 0 Å². The van der Waals surface area contributed by atoms with Crippen LogP contribution < -0.4 is 0 Å². The number of aliphatic hydroxyl groups is 1. The molecule has 0 radical (unpaired) electrons. The molecule has 1 N–H and O–H groups in total. The molecule has 1 heterocycles. The lowest BCUT2D eigenvalue weighted by Crippen LogP contribution is -2.50. The minimum atomic E-state index is -0.795. The summed E-state index contributed by atoms with van der Waals surface area (Å²) in [6.45, 7) is 6.21. The van der Waals surface area contributed by atoms with E-state index in [2.05, 4.69) is 18.7 Å². The second-order valence-electron chi connectivity index (χ2n) is 5.51. The third kappa shape index (κ3) is 3.75. The van der Waals surface area contributed by atoms with Crippen molar-refractivity contribution in [3.63, 3.8) is 0 Å². The Morgan fingerprint density at radius 2 is 2.15 bits per heavy atom. The van der Waals surface area contributed by atoms with E-state index in [0.717, 1.165) is 12.6 Å². The average molecular weight is 285 g/mol. The van der Waals surface area contributed by atoms with Crippen LogP contribution >= 0.6 is 0 Å². The summed E-state index contributed by atoms with van der Waals surface area (Å²) in [5.74, 6) is -1.23. The second kappa shape index (κ2) is 6.61. The molecule has 2 rings (SSSR count). The van der Waals surface area contributed by atoms with Crippen molar-refractivity contribution in [2.75, 3.05) is 19.7 Å². The molecule has 1 saturated heterocycles. The zero-order valence-electron chi connectivity index (χ0n) is 11.9. The molecule has 0 amide bonds. The molecule has 1 aromatic carbocycles. The third-order valence-corrected chi connectivity index (χ3v) is 3.73. The van der Waals surface area contributed by atoms with Gasteiger partial charge >= 0.3 is 0 Å². The van der Waals surface area contributed by atoms with Crippen LogP contribution in [-0.2, 0) is 11.2 Å². The van der Waals surface area contributed by atoms with Crippen LogP contribution in [0.25, 0.3) is 0 Å². The van der Waals surface area contributed by atoms with Gasteiger partial charge in [0.05, 0.1) is 18.8 Å². The number of hydrogen-bond acceptors (Lipinski definition) is 3. The van der Waals surface area contributed by atoms with Crippen LogP contribution in [0, 0.1) is 11.6 Å². The van der Waals surface area contributed by atoms with Gasteiger partial charge in [-0.05, 0) is 25.5 Å². The molecule has 1 aliphatic rings. The normalized spacial score (nSPS) is 22.2. The first-order valence-electron chi connectivity index (χ1n) is 6.95. The molecule has 1 fully saturated rings. The Morgan fingerprint density at radius 3 is 2.80 bits per heavy atom. The number of hydrogen-bond donors (Lipinski definition) is 1. The summed E-state index contributed by atoms with van der Waals surface area (Å²) in [7, 11) is 0. The maximum Gasteiger partial charge on any atom is 0.129 e. The maximum atomic E-state index is 13.6. The topological polar surface area (TPSA) is 32.7 Å². The Labute approximate surface area is 118 Å². The summed E-state index contributed by atoms with van der Waals surface area (Å²) in [4.78, 5) is 2.22. The van der Waals surface area contributed by atoms with Crippen LogP contribution in [0.5, 0.6) is 0 Å². The Bertz CT molecular complexity index is 453. The highest BCUT2D eigenvalue weighted by molar-refractivity contribution is 5.19. The molecule has 1 aromatic rings. The van der Waals surface area contributed by atoms with Crippen LogP contribution in [-0.4, -0.2) is 48.0 Å². The van der Waals surface area contributed by atoms with E-state index >= 15 is 0 Å². The quantitative estimate of drug-likeness (QED) is 0.918. The first-order chi connectivity index (χ1) is 9.47. The smallest absolute Gasteiger partial charge is 0.129 e. The fourth-order valence-electron chi connectivity index (χ4n) is 2.44.